The minimum absolute atomic E-state index is 0.0898. The highest BCUT2D eigenvalue weighted by Gasteiger charge is 2.41. The molecule has 0 spiro atoms. The second-order valence-electron chi connectivity index (χ2n) is 9.47. The molecule has 4 rings (SSSR count). The monoisotopic (exact) mass is 478 g/mol. The van der Waals surface area contributed by atoms with E-state index in [0.29, 0.717) is 31.7 Å². The van der Waals surface area contributed by atoms with Gasteiger partial charge in [-0.05, 0) is 50.0 Å². The lowest BCUT2D eigenvalue weighted by molar-refractivity contribution is -0.157. The van der Waals surface area contributed by atoms with Gasteiger partial charge in [-0.25, -0.2) is 13.1 Å². The van der Waals surface area contributed by atoms with Crippen molar-refractivity contribution in [3.63, 3.8) is 0 Å². The Morgan fingerprint density at radius 2 is 1.85 bits per heavy atom. The van der Waals surface area contributed by atoms with Crippen LogP contribution in [0.5, 0.6) is 0 Å². The van der Waals surface area contributed by atoms with Crippen LogP contribution in [0, 0.1) is 0 Å². The van der Waals surface area contributed by atoms with E-state index >= 15 is 0 Å². The first-order chi connectivity index (χ1) is 15.8. The van der Waals surface area contributed by atoms with E-state index in [1.165, 1.54) is 5.56 Å². The fourth-order valence-electron chi connectivity index (χ4n) is 5.36. The van der Waals surface area contributed by atoms with E-state index in [0.717, 1.165) is 31.9 Å². The van der Waals surface area contributed by atoms with E-state index in [1.807, 2.05) is 6.07 Å². The zero-order valence-electron chi connectivity index (χ0n) is 19.1. The number of benzene rings is 1. The third-order valence-corrected chi connectivity index (χ3v) is 7.77. The lowest BCUT2D eigenvalue weighted by Gasteiger charge is -2.42. The quantitative estimate of drug-likeness (QED) is 0.604. The summed E-state index contributed by atoms with van der Waals surface area (Å²) in [5.74, 6) is -0.0723. The summed E-state index contributed by atoms with van der Waals surface area (Å²) in [6, 6.07) is 9.68. The molecule has 2 saturated heterocycles. The maximum absolute atomic E-state index is 13.1. The minimum atomic E-state index is -3.44. The molecule has 1 amide bonds. The molecule has 0 bridgehead atoms. The van der Waals surface area contributed by atoms with E-state index in [2.05, 4.69) is 29.0 Å². The summed E-state index contributed by atoms with van der Waals surface area (Å²) in [5.41, 5.74) is 1.36. The van der Waals surface area contributed by atoms with Crippen LogP contribution in [0.4, 0.5) is 0 Å². The van der Waals surface area contributed by atoms with Gasteiger partial charge in [0.2, 0.25) is 10.0 Å². The molecule has 9 heteroatoms. The number of hydrogen-bond acceptors (Lipinski definition) is 6. The summed E-state index contributed by atoms with van der Waals surface area (Å²) < 4.78 is 38.1. The van der Waals surface area contributed by atoms with Gasteiger partial charge in [0.15, 0.2) is 6.10 Å². The maximum Gasteiger partial charge on any atom is 0.306 e. The van der Waals surface area contributed by atoms with Crippen LogP contribution in [0.2, 0.25) is 0 Å². The van der Waals surface area contributed by atoms with Crippen LogP contribution in [0.3, 0.4) is 0 Å². The average molecular weight is 479 g/mol. The Labute approximate surface area is 196 Å². The van der Waals surface area contributed by atoms with Crippen LogP contribution in [0.1, 0.15) is 62.8 Å². The first-order valence-electron chi connectivity index (χ1n) is 11.9. The molecule has 3 atom stereocenters. The summed E-state index contributed by atoms with van der Waals surface area (Å²) in [6.07, 6.45) is 6.33. The molecular formula is C24H34N2O6S. The highest BCUT2D eigenvalue weighted by molar-refractivity contribution is 7.88. The van der Waals surface area contributed by atoms with Crippen molar-refractivity contribution < 1.29 is 27.5 Å². The van der Waals surface area contributed by atoms with Crippen LogP contribution in [0.25, 0.3) is 0 Å². The molecule has 1 saturated carbocycles. The Kier molecular flexibility index (Phi) is 7.71. The summed E-state index contributed by atoms with van der Waals surface area (Å²) in [6.45, 7) is 0.768. The molecule has 0 radical (unpaired) electrons. The van der Waals surface area contributed by atoms with Crippen LogP contribution in [0.15, 0.2) is 30.3 Å². The number of nitrogens with zero attached hydrogens (tertiary/aromatic N) is 1. The summed E-state index contributed by atoms with van der Waals surface area (Å²) in [5, 5.41) is 0. The number of piperidine rings is 1. The van der Waals surface area contributed by atoms with Crippen molar-refractivity contribution >= 4 is 21.9 Å². The normalized spacial score (nSPS) is 30.8. The summed E-state index contributed by atoms with van der Waals surface area (Å²) in [7, 11) is -3.44. The molecular weight excluding hydrogens is 444 g/mol. The number of sulfonamides is 1. The number of cyclic esters (lactones) is 1. The molecule has 0 aromatic heterocycles. The number of hydrogen-bond donors (Lipinski definition) is 1. The van der Waals surface area contributed by atoms with E-state index in [1.54, 1.807) is 4.90 Å². The van der Waals surface area contributed by atoms with Gasteiger partial charge >= 0.3 is 5.97 Å². The molecule has 0 unspecified atom stereocenters. The number of amides is 1. The minimum Gasteiger partial charge on any atom is -0.452 e. The molecule has 33 heavy (non-hydrogen) atoms. The fraction of sp³-hybridized carbons (Fsp3) is 0.667. The third kappa shape index (κ3) is 6.33. The number of likely N-dealkylation sites (tertiary alicyclic amines) is 1. The Morgan fingerprint density at radius 1 is 1.12 bits per heavy atom. The van der Waals surface area contributed by atoms with E-state index in [9.17, 15) is 18.0 Å². The van der Waals surface area contributed by atoms with Crippen LogP contribution < -0.4 is 4.72 Å². The Morgan fingerprint density at radius 3 is 2.48 bits per heavy atom. The molecule has 8 nitrogen and oxygen atoms in total. The Hall–Kier alpha value is -1.97. The second kappa shape index (κ2) is 10.5. The van der Waals surface area contributed by atoms with Gasteiger partial charge in [0.1, 0.15) is 0 Å². The zero-order valence-corrected chi connectivity index (χ0v) is 20.0. The molecule has 182 valence electrons. The van der Waals surface area contributed by atoms with Gasteiger partial charge in [-0.1, -0.05) is 30.3 Å². The van der Waals surface area contributed by atoms with Crippen molar-refractivity contribution in [2.75, 3.05) is 19.4 Å². The van der Waals surface area contributed by atoms with E-state index < -0.39 is 28.2 Å². The summed E-state index contributed by atoms with van der Waals surface area (Å²) in [4.78, 5) is 26.3. The predicted molar refractivity (Wildman–Crippen MR) is 123 cm³/mol. The highest BCUT2D eigenvalue weighted by Crippen LogP contribution is 2.34. The number of rotatable bonds is 7. The molecule has 1 aromatic rings. The average Bonchev–Trinajstić information content (AvgIpc) is 3.24. The molecule has 2 heterocycles. The fourth-order valence-corrected chi connectivity index (χ4v) is 6.18. The van der Waals surface area contributed by atoms with Gasteiger partial charge in [0.05, 0.1) is 25.0 Å². The SMILES string of the molecule is CS(=O)(=O)N[C@H]1CCCN(C(=O)[C@H]2CCC(=O)O2)[C@H]1COC1CCC(c2ccccc2)CC1. The predicted octanol–water partition coefficient (Wildman–Crippen LogP) is 2.34. The van der Waals surface area contributed by atoms with Crippen molar-refractivity contribution in [2.24, 2.45) is 0 Å². The number of carbonyl (C=O) groups is 2. The van der Waals surface area contributed by atoms with Gasteiger partial charge in [0, 0.05) is 25.4 Å². The second-order valence-corrected chi connectivity index (χ2v) is 11.3. The van der Waals surface area contributed by atoms with Gasteiger partial charge in [-0.15, -0.1) is 0 Å². The summed E-state index contributed by atoms with van der Waals surface area (Å²) >= 11 is 0. The lowest BCUT2D eigenvalue weighted by Crippen LogP contribution is -2.60. The smallest absolute Gasteiger partial charge is 0.306 e. The standard InChI is InChI=1S/C24H34N2O6S/c1-33(29,30)25-20-8-5-15-26(24(28)22-13-14-23(27)32-22)21(20)16-31-19-11-9-18(10-12-19)17-6-3-2-4-7-17/h2-4,6-7,18-22,25H,5,8-16H2,1H3/t18?,19?,20-,21-,22+/m0/s1. The zero-order chi connectivity index (χ0) is 23.4. The van der Waals surface area contributed by atoms with Crippen molar-refractivity contribution in [1.82, 2.24) is 9.62 Å². The molecule has 3 aliphatic rings. The number of nitrogens with one attached hydrogen (secondary N) is 1. The largest absolute Gasteiger partial charge is 0.452 e. The Balaban J connectivity index is 1.39. The molecule has 1 N–H and O–H groups in total. The van der Waals surface area contributed by atoms with E-state index in [4.69, 9.17) is 9.47 Å². The van der Waals surface area contributed by atoms with E-state index in [-0.39, 0.29) is 31.0 Å². The number of esters is 1. The van der Waals surface area contributed by atoms with Crippen LogP contribution in [-0.4, -0.2) is 68.9 Å². The Bertz CT molecular complexity index is 930. The molecule has 1 aliphatic carbocycles. The van der Waals surface area contributed by atoms with Crippen molar-refractivity contribution in [3.05, 3.63) is 35.9 Å². The third-order valence-electron chi connectivity index (χ3n) is 7.04. The highest BCUT2D eigenvalue weighted by atomic mass is 32.2. The van der Waals surface area contributed by atoms with Gasteiger partial charge in [-0.2, -0.15) is 0 Å². The van der Waals surface area contributed by atoms with Crippen molar-refractivity contribution in [3.8, 4) is 0 Å². The molecule has 1 aromatic carbocycles. The van der Waals surface area contributed by atoms with Gasteiger partial charge in [0.25, 0.3) is 5.91 Å². The van der Waals surface area contributed by atoms with Crippen molar-refractivity contribution in [1.29, 1.82) is 0 Å². The first-order valence-corrected chi connectivity index (χ1v) is 13.8. The lowest BCUT2D eigenvalue weighted by atomic mass is 9.83. The van der Waals surface area contributed by atoms with Gasteiger partial charge in [-0.3, -0.25) is 9.59 Å². The first kappa shape index (κ1) is 24.2. The molecule has 3 fully saturated rings. The maximum atomic E-state index is 13.1. The van der Waals surface area contributed by atoms with Gasteiger partial charge < -0.3 is 14.4 Å². The van der Waals surface area contributed by atoms with Crippen LogP contribution in [-0.2, 0) is 29.1 Å². The van der Waals surface area contributed by atoms with Crippen LogP contribution >= 0.6 is 0 Å². The molecule has 2 aliphatic heterocycles. The topological polar surface area (TPSA) is 102 Å². The number of ether oxygens (including phenoxy) is 2. The number of carbonyl (C=O) groups excluding carboxylic acids is 2. The van der Waals surface area contributed by atoms with Crippen molar-refractivity contribution in [2.45, 2.75) is 81.6 Å².